The minimum atomic E-state index is -0.532. The van der Waals surface area contributed by atoms with Crippen molar-refractivity contribution in [3.63, 3.8) is 0 Å². The van der Waals surface area contributed by atoms with Crippen LogP contribution in [0.25, 0.3) is 0 Å². The first-order valence-electron chi connectivity index (χ1n) is 6.49. The van der Waals surface area contributed by atoms with Gasteiger partial charge in [0, 0.05) is 38.8 Å². The molecule has 7 nitrogen and oxygen atoms in total. The highest BCUT2D eigenvalue weighted by Crippen LogP contribution is 2.20. The summed E-state index contributed by atoms with van der Waals surface area (Å²) in [5.41, 5.74) is -0.0246. The average molecular weight is 279 g/mol. The monoisotopic (exact) mass is 279 g/mol. The lowest BCUT2D eigenvalue weighted by atomic mass is 10.1. The van der Waals surface area contributed by atoms with Gasteiger partial charge in [-0.1, -0.05) is 12.1 Å². The van der Waals surface area contributed by atoms with Crippen molar-refractivity contribution < 1.29 is 14.8 Å². The number of rotatable bonds is 4. The number of hydrogen-bond donors (Lipinski definition) is 1. The Morgan fingerprint density at radius 1 is 1.25 bits per heavy atom. The Morgan fingerprint density at radius 3 is 2.50 bits per heavy atom. The number of para-hydroxylation sites is 1. The summed E-state index contributed by atoms with van der Waals surface area (Å²) < 4.78 is 0. The molecule has 2 rings (SSSR count). The molecule has 0 unspecified atom stereocenters. The maximum absolute atomic E-state index is 12.3. The third-order valence-electron chi connectivity index (χ3n) is 3.41. The minimum absolute atomic E-state index is 0.0953. The highest BCUT2D eigenvalue weighted by Gasteiger charge is 2.26. The molecule has 1 heterocycles. The van der Waals surface area contributed by atoms with Gasteiger partial charge in [0.2, 0.25) is 0 Å². The SMILES string of the molecule is O=C(c1ccccc1[N+](=O)[O-])N1CCN(CCO)CC1. The number of aliphatic hydroxyl groups excluding tert-OH is 1. The van der Waals surface area contributed by atoms with Crippen molar-refractivity contribution in [1.82, 2.24) is 9.80 Å². The van der Waals surface area contributed by atoms with Crippen LogP contribution < -0.4 is 0 Å². The highest BCUT2D eigenvalue weighted by molar-refractivity contribution is 5.98. The molecular weight excluding hydrogens is 262 g/mol. The number of amides is 1. The van der Waals surface area contributed by atoms with Gasteiger partial charge in [-0.25, -0.2) is 0 Å². The third kappa shape index (κ3) is 3.12. The van der Waals surface area contributed by atoms with Crippen LogP contribution in [-0.2, 0) is 0 Å². The Bertz CT molecular complexity index is 498. The van der Waals surface area contributed by atoms with Crippen LogP contribution in [0.15, 0.2) is 24.3 Å². The second-order valence-corrected chi connectivity index (χ2v) is 4.63. The Labute approximate surface area is 116 Å². The molecule has 0 radical (unpaired) electrons. The van der Waals surface area contributed by atoms with E-state index in [1.807, 2.05) is 0 Å². The van der Waals surface area contributed by atoms with Crippen molar-refractivity contribution >= 4 is 11.6 Å². The standard InChI is InChI=1S/C13H17N3O4/c17-10-9-14-5-7-15(8-6-14)13(18)11-3-1-2-4-12(11)16(19)20/h1-4,17H,5-10H2. The number of β-amino-alcohol motifs (C(OH)–C–C–N with tert-alkyl or cyclic N) is 1. The molecule has 1 saturated heterocycles. The fourth-order valence-electron chi connectivity index (χ4n) is 2.30. The second-order valence-electron chi connectivity index (χ2n) is 4.63. The molecule has 7 heteroatoms. The summed E-state index contributed by atoms with van der Waals surface area (Å²) in [5, 5.41) is 19.8. The van der Waals surface area contributed by atoms with Gasteiger partial charge in [0.15, 0.2) is 0 Å². The van der Waals surface area contributed by atoms with E-state index in [0.29, 0.717) is 32.7 Å². The van der Waals surface area contributed by atoms with Gasteiger partial charge in [-0.15, -0.1) is 0 Å². The van der Waals surface area contributed by atoms with E-state index < -0.39 is 4.92 Å². The van der Waals surface area contributed by atoms with E-state index >= 15 is 0 Å². The zero-order chi connectivity index (χ0) is 14.5. The van der Waals surface area contributed by atoms with E-state index in [1.54, 1.807) is 17.0 Å². The maximum Gasteiger partial charge on any atom is 0.282 e. The first-order chi connectivity index (χ1) is 9.63. The molecule has 1 aromatic carbocycles. The summed E-state index contributed by atoms with van der Waals surface area (Å²) in [6.07, 6.45) is 0. The molecule has 0 saturated carbocycles. The van der Waals surface area contributed by atoms with Gasteiger partial charge in [0.1, 0.15) is 5.56 Å². The topological polar surface area (TPSA) is 86.9 Å². The predicted molar refractivity (Wildman–Crippen MR) is 72.5 cm³/mol. The smallest absolute Gasteiger partial charge is 0.282 e. The Hall–Kier alpha value is -1.99. The molecule has 1 aliphatic rings. The van der Waals surface area contributed by atoms with E-state index in [0.717, 1.165) is 0 Å². The van der Waals surface area contributed by atoms with Crippen LogP contribution in [-0.4, -0.2) is 65.1 Å². The first kappa shape index (κ1) is 14.4. The van der Waals surface area contributed by atoms with Crippen molar-refractivity contribution in [2.75, 3.05) is 39.3 Å². The van der Waals surface area contributed by atoms with E-state index in [4.69, 9.17) is 5.11 Å². The van der Waals surface area contributed by atoms with Crippen LogP contribution in [0, 0.1) is 10.1 Å². The lowest BCUT2D eigenvalue weighted by Gasteiger charge is -2.34. The van der Waals surface area contributed by atoms with Gasteiger partial charge < -0.3 is 10.0 Å². The van der Waals surface area contributed by atoms with Gasteiger partial charge in [0.05, 0.1) is 11.5 Å². The van der Waals surface area contributed by atoms with Crippen LogP contribution in [0.5, 0.6) is 0 Å². The molecule has 0 spiro atoms. The van der Waals surface area contributed by atoms with Crippen LogP contribution in [0.3, 0.4) is 0 Å². The molecule has 1 fully saturated rings. The Balaban J connectivity index is 2.08. The number of hydrogen-bond acceptors (Lipinski definition) is 5. The molecular formula is C13H17N3O4. The van der Waals surface area contributed by atoms with E-state index in [2.05, 4.69) is 4.90 Å². The Morgan fingerprint density at radius 2 is 1.90 bits per heavy atom. The molecule has 0 atom stereocenters. The van der Waals surface area contributed by atoms with Crippen molar-refractivity contribution in [1.29, 1.82) is 0 Å². The molecule has 0 aromatic heterocycles. The number of piperazine rings is 1. The molecule has 1 aromatic rings. The van der Waals surface area contributed by atoms with Crippen LogP contribution >= 0.6 is 0 Å². The zero-order valence-corrected chi connectivity index (χ0v) is 11.1. The third-order valence-corrected chi connectivity index (χ3v) is 3.41. The molecule has 0 aliphatic carbocycles. The van der Waals surface area contributed by atoms with Crippen molar-refractivity contribution in [2.24, 2.45) is 0 Å². The summed E-state index contributed by atoms with van der Waals surface area (Å²) in [4.78, 5) is 26.4. The number of nitro benzene ring substituents is 1. The number of nitrogens with zero attached hydrogens (tertiary/aromatic N) is 3. The number of benzene rings is 1. The minimum Gasteiger partial charge on any atom is -0.395 e. The van der Waals surface area contributed by atoms with Gasteiger partial charge in [-0.2, -0.15) is 0 Å². The molecule has 1 amide bonds. The number of nitro groups is 1. The second kappa shape index (κ2) is 6.44. The summed E-state index contributed by atoms with van der Waals surface area (Å²) in [6.45, 7) is 3.07. The van der Waals surface area contributed by atoms with Crippen LogP contribution in [0.4, 0.5) is 5.69 Å². The van der Waals surface area contributed by atoms with Crippen LogP contribution in [0.1, 0.15) is 10.4 Å². The van der Waals surface area contributed by atoms with E-state index in [9.17, 15) is 14.9 Å². The largest absolute Gasteiger partial charge is 0.395 e. The van der Waals surface area contributed by atoms with Crippen molar-refractivity contribution in [3.8, 4) is 0 Å². The first-order valence-corrected chi connectivity index (χ1v) is 6.49. The molecule has 1 N–H and O–H groups in total. The zero-order valence-electron chi connectivity index (χ0n) is 11.1. The number of carbonyl (C=O) groups excluding carboxylic acids is 1. The molecule has 108 valence electrons. The molecule has 20 heavy (non-hydrogen) atoms. The normalized spacial score (nSPS) is 16.1. The van der Waals surface area contributed by atoms with Gasteiger partial charge in [-0.05, 0) is 6.07 Å². The summed E-state index contributed by atoms with van der Waals surface area (Å²) in [7, 11) is 0. The molecule has 1 aliphatic heterocycles. The quantitative estimate of drug-likeness (QED) is 0.634. The lowest BCUT2D eigenvalue weighted by molar-refractivity contribution is -0.385. The van der Waals surface area contributed by atoms with Gasteiger partial charge >= 0.3 is 0 Å². The fourth-order valence-corrected chi connectivity index (χ4v) is 2.30. The van der Waals surface area contributed by atoms with Crippen molar-refractivity contribution in [3.05, 3.63) is 39.9 Å². The summed E-state index contributed by atoms with van der Waals surface area (Å²) >= 11 is 0. The summed E-state index contributed by atoms with van der Waals surface area (Å²) in [5.74, 6) is -0.305. The van der Waals surface area contributed by atoms with Crippen molar-refractivity contribution in [2.45, 2.75) is 0 Å². The fraction of sp³-hybridized carbons (Fsp3) is 0.462. The van der Waals surface area contributed by atoms with Crippen LogP contribution in [0.2, 0.25) is 0 Å². The van der Waals surface area contributed by atoms with E-state index in [-0.39, 0.29) is 23.8 Å². The van der Waals surface area contributed by atoms with E-state index in [1.165, 1.54) is 12.1 Å². The Kier molecular flexibility index (Phi) is 4.65. The number of aliphatic hydroxyl groups is 1. The predicted octanol–water partition coefficient (Wildman–Crippen LogP) is 0.345. The highest BCUT2D eigenvalue weighted by atomic mass is 16.6. The average Bonchev–Trinajstić information content (AvgIpc) is 2.47. The molecule has 0 bridgehead atoms. The number of carbonyl (C=O) groups is 1. The summed E-state index contributed by atoms with van der Waals surface area (Å²) in [6, 6.07) is 6.01. The van der Waals surface area contributed by atoms with Gasteiger partial charge in [-0.3, -0.25) is 19.8 Å². The lowest BCUT2D eigenvalue weighted by Crippen LogP contribution is -2.49. The van der Waals surface area contributed by atoms with Gasteiger partial charge in [0.25, 0.3) is 11.6 Å². The maximum atomic E-state index is 12.3.